The van der Waals surface area contributed by atoms with Crippen molar-refractivity contribution in [1.29, 1.82) is 0 Å². The number of amides is 2. The third kappa shape index (κ3) is 6.49. The molecular formula is C26H29N3O5. The molecule has 0 aliphatic heterocycles. The zero-order chi connectivity index (χ0) is 24.3. The molecule has 0 aromatic heterocycles. The number of nitrogens with one attached hydrogen (secondary N) is 2. The average molecular weight is 464 g/mol. The van der Waals surface area contributed by atoms with E-state index in [4.69, 9.17) is 19.9 Å². The van der Waals surface area contributed by atoms with E-state index in [1.165, 1.54) is 0 Å². The summed E-state index contributed by atoms with van der Waals surface area (Å²) in [5, 5.41) is 5.71. The highest BCUT2D eigenvalue weighted by atomic mass is 16.5. The van der Waals surface area contributed by atoms with Crippen molar-refractivity contribution in [3.8, 4) is 17.2 Å². The lowest BCUT2D eigenvalue weighted by molar-refractivity contribution is 0.101. The van der Waals surface area contributed by atoms with Gasteiger partial charge in [-0.1, -0.05) is 12.1 Å². The molecule has 0 bridgehead atoms. The van der Waals surface area contributed by atoms with Crippen molar-refractivity contribution in [2.24, 2.45) is 5.73 Å². The highest BCUT2D eigenvalue weighted by Crippen LogP contribution is 2.28. The van der Waals surface area contributed by atoms with Crippen molar-refractivity contribution in [2.75, 3.05) is 37.5 Å². The summed E-state index contributed by atoms with van der Waals surface area (Å²) in [7, 11) is 1.56. The maximum atomic E-state index is 13.1. The van der Waals surface area contributed by atoms with Crippen LogP contribution in [-0.2, 0) is 0 Å². The minimum Gasteiger partial charge on any atom is -0.497 e. The molecule has 0 atom stereocenters. The number of carbonyl (C=O) groups is 2. The molecule has 0 aliphatic rings. The first-order valence-electron chi connectivity index (χ1n) is 11.0. The van der Waals surface area contributed by atoms with Gasteiger partial charge in [0.15, 0.2) is 0 Å². The van der Waals surface area contributed by atoms with Crippen LogP contribution in [-0.4, -0.2) is 38.7 Å². The summed E-state index contributed by atoms with van der Waals surface area (Å²) in [6.45, 7) is 3.23. The number of para-hydroxylation sites is 2. The van der Waals surface area contributed by atoms with Crippen molar-refractivity contribution in [3.05, 3.63) is 77.9 Å². The lowest BCUT2D eigenvalue weighted by atomic mass is 10.1. The molecule has 0 spiro atoms. The Kier molecular flexibility index (Phi) is 8.88. The molecule has 8 heteroatoms. The van der Waals surface area contributed by atoms with E-state index in [0.717, 1.165) is 0 Å². The molecule has 8 nitrogen and oxygen atoms in total. The van der Waals surface area contributed by atoms with Crippen LogP contribution in [0.15, 0.2) is 66.7 Å². The Morgan fingerprint density at radius 3 is 2.12 bits per heavy atom. The summed E-state index contributed by atoms with van der Waals surface area (Å²) >= 11 is 0. The van der Waals surface area contributed by atoms with Gasteiger partial charge in [-0.15, -0.1) is 0 Å². The zero-order valence-corrected chi connectivity index (χ0v) is 19.3. The van der Waals surface area contributed by atoms with Crippen LogP contribution in [0.25, 0.3) is 0 Å². The van der Waals surface area contributed by atoms with E-state index in [1.54, 1.807) is 73.8 Å². The van der Waals surface area contributed by atoms with Crippen LogP contribution in [0.5, 0.6) is 17.2 Å². The molecule has 4 N–H and O–H groups in total. The summed E-state index contributed by atoms with van der Waals surface area (Å²) in [5.74, 6) is 0.975. The molecule has 0 saturated carbocycles. The molecule has 0 aliphatic carbocycles. The van der Waals surface area contributed by atoms with Gasteiger partial charge in [-0.05, 0) is 68.4 Å². The minimum atomic E-state index is -0.378. The number of rotatable bonds is 11. The van der Waals surface area contributed by atoms with Gasteiger partial charge >= 0.3 is 0 Å². The monoisotopic (exact) mass is 463 g/mol. The van der Waals surface area contributed by atoms with E-state index < -0.39 is 0 Å². The van der Waals surface area contributed by atoms with Crippen LogP contribution in [0.1, 0.15) is 34.1 Å². The fraction of sp³-hybridized carbons (Fsp3) is 0.231. The average Bonchev–Trinajstić information content (AvgIpc) is 2.85. The highest BCUT2D eigenvalue weighted by Gasteiger charge is 2.17. The van der Waals surface area contributed by atoms with Crippen LogP contribution in [0.4, 0.5) is 11.4 Å². The fourth-order valence-corrected chi connectivity index (χ4v) is 3.16. The van der Waals surface area contributed by atoms with Gasteiger partial charge in [0, 0.05) is 11.6 Å². The number of ether oxygens (including phenoxy) is 3. The molecule has 3 aromatic carbocycles. The number of hydrogen-bond acceptors (Lipinski definition) is 6. The van der Waals surface area contributed by atoms with Gasteiger partial charge in [0.1, 0.15) is 17.2 Å². The van der Waals surface area contributed by atoms with Crippen LogP contribution in [0.2, 0.25) is 0 Å². The number of hydrogen-bond donors (Lipinski definition) is 3. The maximum absolute atomic E-state index is 13.1. The van der Waals surface area contributed by atoms with Gasteiger partial charge in [0.25, 0.3) is 11.8 Å². The number of methoxy groups -OCH3 is 1. The first-order chi connectivity index (χ1) is 16.5. The normalized spacial score (nSPS) is 10.3. The Morgan fingerprint density at radius 2 is 1.50 bits per heavy atom. The van der Waals surface area contributed by atoms with Crippen LogP contribution in [0, 0.1) is 0 Å². The van der Waals surface area contributed by atoms with Crippen molar-refractivity contribution in [3.63, 3.8) is 0 Å². The predicted molar refractivity (Wildman–Crippen MR) is 132 cm³/mol. The van der Waals surface area contributed by atoms with E-state index in [9.17, 15) is 9.59 Å². The molecule has 0 unspecified atom stereocenters. The second-order valence-corrected chi connectivity index (χ2v) is 7.26. The molecule has 0 fully saturated rings. The fourth-order valence-electron chi connectivity index (χ4n) is 3.16. The number of anilines is 2. The van der Waals surface area contributed by atoms with E-state index >= 15 is 0 Å². The van der Waals surface area contributed by atoms with Gasteiger partial charge in [-0.3, -0.25) is 9.59 Å². The summed E-state index contributed by atoms with van der Waals surface area (Å²) in [5.41, 5.74) is 7.29. The molecule has 0 saturated heterocycles. The third-order valence-electron chi connectivity index (χ3n) is 4.89. The summed E-state index contributed by atoms with van der Waals surface area (Å²) < 4.78 is 16.5. The van der Waals surface area contributed by atoms with Crippen LogP contribution >= 0.6 is 0 Å². The molecule has 178 valence electrons. The van der Waals surface area contributed by atoms with Gasteiger partial charge < -0.3 is 30.6 Å². The first-order valence-corrected chi connectivity index (χ1v) is 11.0. The minimum absolute atomic E-state index is 0.309. The molecule has 0 radical (unpaired) electrons. The Morgan fingerprint density at radius 1 is 0.853 bits per heavy atom. The second-order valence-electron chi connectivity index (χ2n) is 7.26. The van der Waals surface area contributed by atoms with Gasteiger partial charge in [-0.2, -0.15) is 0 Å². The van der Waals surface area contributed by atoms with E-state index in [2.05, 4.69) is 10.6 Å². The topological polar surface area (TPSA) is 112 Å². The highest BCUT2D eigenvalue weighted by molar-refractivity contribution is 6.10. The SMILES string of the molecule is CCOc1ccc(C(=O)Nc2ccccc2NC(=O)c2ccc(OC)cc2)c(OCCCN)c1. The Bertz CT molecular complexity index is 1120. The summed E-state index contributed by atoms with van der Waals surface area (Å²) in [6.07, 6.45) is 0.653. The molecule has 3 aromatic rings. The lowest BCUT2D eigenvalue weighted by Crippen LogP contribution is -2.18. The number of nitrogens with two attached hydrogens (primary N) is 1. The van der Waals surface area contributed by atoms with Gasteiger partial charge in [0.2, 0.25) is 0 Å². The van der Waals surface area contributed by atoms with E-state index in [1.807, 2.05) is 6.92 Å². The quantitative estimate of drug-likeness (QED) is 0.365. The van der Waals surface area contributed by atoms with E-state index in [-0.39, 0.29) is 11.8 Å². The lowest BCUT2D eigenvalue weighted by Gasteiger charge is -2.15. The summed E-state index contributed by atoms with van der Waals surface area (Å²) in [4.78, 5) is 25.8. The zero-order valence-electron chi connectivity index (χ0n) is 19.3. The van der Waals surface area contributed by atoms with Crippen molar-refractivity contribution < 1.29 is 23.8 Å². The molecule has 3 rings (SSSR count). The molecular weight excluding hydrogens is 434 g/mol. The van der Waals surface area contributed by atoms with Crippen molar-refractivity contribution in [2.45, 2.75) is 13.3 Å². The smallest absolute Gasteiger partial charge is 0.259 e. The molecule has 0 heterocycles. The second kappa shape index (κ2) is 12.3. The Balaban J connectivity index is 1.79. The van der Waals surface area contributed by atoms with E-state index in [0.29, 0.717) is 65.9 Å². The predicted octanol–water partition coefficient (Wildman–Crippen LogP) is 4.33. The van der Waals surface area contributed by atoms with Gasteiger partial charge in [0.05, 0.1) is 37.3 Å². The first kappa shape index (κ1) is 24.6. The Labute approximate surface area is 199 Å². The molecule has 2 amide bonds. The number of carbonyl (C=O) groups excluding carboxylic acids is 2. The maximum Gasteiger partial charge on any atom is 0.259 e. The summed E-state index contributed by atoms with van der Waals surface area (Å²) in [6, 6.07) is 18.8. The van der Waals surface area contributed by atoms with Gasteiger partial charge in [-0.25, -0.2) is 0 Å². The standard InChI is InChI=1S/C26H29N3O5/c1-3-33-20-13-14-21(24(17-20)34-16-6-15-27)26(31)29-23-8-5-4-7-22(23)28-25(30)18-9-11-19(32-2)12-10-18/h4-5,7-14,17H,3,6,15-16,27H2,1-2H3,(H,28,30)(H,29,31). The molecule has 34 heavy (non-hydrogen) atoms. The van der Waals surface area contributed by atoms with Crippen molar-refractivity contribution in [1.82, 2.24) is 0 Å². The largest absolute Gasteiger partial charge is 0.497 e. The van der Waals surface area contributed by atoms with Crippen LogP contribution < -0.4 is 30.6 Å². The number of benzene rings is 3. The third-order valence-corrected chi connectivity index (χ3v) is 4.89. The van der Waals surface area contributed by atoms with Crippen LogP contribution in [0.3, 0.4) is 0 Å². The van der Waals surface area contributed by atoms with Crippen molar-refractivity contribution >= 4 is 23.2 Å². The Hall–Kier alpha value is -4.04.